The van der Waals surface area contributed by atoms with E-state index in [1.54, 1.807) is 12.1 Å². The first kappa shape index (κ1) is 9.89. The van der Waals surface area contributed by atoms with Crippen LogP contribution in [0.15, 0.2) is 12.1 Å². The van der Waals surface area contributed by atoms with Crippen molar-refractivity contribution in [3.8, 4) is 0 Å². The van der Waals surface area contributed by atoms with Crippen LogP contribution in [-0.4, -0.2) is 22.1 Å². The average molecular weight is 206 g/mol. The number of anilines is 1. The second-order valence-corrected chi connectivity index (χ2v) is 3.94. The van der Waals surface area contributed by atoms with Gasteiger partial charge in [0.05, 0.1) is 0 Å². The summed E-state index contributed by atoms with van der Waals surface area (Å²) in [5, 5.41) is 10.9. The molecule has 2 rings (SSSR count). The summed E-state index contributed by atoms with van der Waals surface area (Å²) in [7, 11) is 0. The third kappa shape index (κ3) is 2.43. The molecule has 3 N–H and O–H groups in total. The van der Waals surface area contributed by atoms with Gasteiger partial charge in [0.15, 0.2) is 5.69 Å². The van der Waals surface area contributed by atoms with E-state index in [9.17, 15) is 4.79 Å². The Hall–Kier alpha value is -1.65. The Morgan fingerprint density at radius 1 is 1.53 bits per heavy atom. The van der Waals surface area contributed by atoms with Crippen molar-refractivity contribution in [3.63, 3.8) is 0 Å². The van der Waals surface area contributed by atoms with Crippen LogP contribution in [0, 0.1) is 5.92 Å². The fourth-order valence-electron chi connectivity index (χ4n) is 1.49. The summed E-state index contributed by atoms with van der Waals surface area (Å²) in [6.45, 7) is 2.13. The Morgan fingerprint density at radius 3 is 2.73 bits per heavy atom. The van der Waals surface area contributed by atoms with Crippen LogP contribution >= 0.6 is 0 Å². The van der Waals surface area contributed by atoms with E-state index in [2.05, 4.69) is 22.4 Å². The van der Waals surface area contributed by atoms with Crippen molar-refractivity contribution in [2.45, 2.75) is 25.8 Å². The summed E-state index contributed by atoms with van der Waals surface area (Å²) in [6, 6.07) is 3.72. The minimum atomic E-state index is -0.552. The van der Waals surface area contributed by atoms with Gasteiger partial charge in [-0.25, -0.2) is 0 Å². The van der Waals surface area contributed by atoms with Crippen LogP contribution in [-0.2, 0) is 0 Å². The number of hydrogen-bond donors (Lipinski definition) is 2. The largest absolute Gasteiger partial charge is 0.366 e. The summed E-state index contributed by atoms with van der Waals surface area (Å²) in [4.78, 5) is 10.8. The third-order valence-corrected chi connectivity index (χ3v) is 2.62. The summed E-state index contributed by atoms with van der Waals surface area (Å²) in [6.07, 6.45) is 2.56. The first-order chi connectivity index (χ1) is 7.16. The molecule has 1 fully saturated rings. The van der Waals surface area contributed by atoms with Gasteiger partial charge in [0, 0.05) is 6.04 Å². The van der Waals surface area contributed by atoms with Crippen LogP contribution < -0.4 is 11.1 Å². The number of carbonyl (C=O) groups is 1. The number of rotatable bonds is 4. The SMILES string of the molecule is CC(Nc1ccc(C(N)=O)nn1)C1CC1. The topological polar surface area (TPSA) is 80.9 Å². The number of amides is 1. The Labute approximate surface area is 88.1 Å². The lowest BCUT2D eigenvalue weighted by molar-refractivity contribution is 0.0994. The van der Waals surface area contributed by atoms with E-state index in [4.69, 9.17) is 5.73 Å². The number of hydrogen-bond acceptors (Lipinski definition) is 4. The molecule has 1 heterocycles. The van der Waals surface area contributed by atoms with Gasteiger partial charge < -0.3 is 11.1 Å². The van der Waals surface area contributed by atoms with E-state index in [1.807, 2.05) is 0 Å². The highest BCUT2D eigenvalue weighted by Crippen LogP contribution is 2.33. The van der Waals surface area contributed by atoms with Gasteiger partial charge in [-0.15, -0.1) is 10.2 Å². The second kappa shape index (κ2) is 3.84. The highest BCUT2D eigenvalue weighted by Gasteiger charge is 2.27. The van der Waals surface area contributed by atoms with Crippen molar-refractivity contribution < 1.29 is 4.79 Å². The maximum absolute atomic E-state index is 10.8. The van der Waals surface area contributed by atoms with Gasteiger partial charge in [-0.1, -0.05) is 0 Å². The summed E-state index contributed by atoms with van der Waals surface area (Å²) < 4.78 is 0. The quantitative estimate of drug-likeness (QED) is 0.763. The fourth-order valence-corrected chi connectivity index (χ4v) is 1.49. The molecule has 5 nitrogen and oxygen atoms in total. The van der Waals surface area contributed by atoms with Crippen molar-refractivity contribution in [1.82, 2.24) is 10.2 Å². The van der Waals surface area contributed by atoms with E-state index in [0.717, 1.165) is 5.92 Å². The molecule has 5 heteroatoms. The molecule has 0 aliphatic heterocycles. The maximum atomic E-state index is 10.8. The first-order valence-corrected chi connectivity index (χ1v) is 5.07. The molecule has 0 bridgehead atoms. The van der Waals surface area contributed by atoms with Crippen LogP contribution in [0.3, 0.4) is 0 Å². The number of primary amides is 1. The fraction of sp³-hybridized carbons (Fsp3) is 0.500. The summed E-state index contributed by atoms with van der Waals surface area (Å²) in [5.74, 6) is 0.895. The molecule has 1 atom stereocenters. The molecule has 15 heavy (non-hydrogen) atoms. The first-order valence-electron chi connectivity index (χ1n) is 5.07. The highest BCUT2D eigenvalue weighted by atomic mass is 16.1. The lowest BCUT2D eigenvalue weighted by Crippen LogP contribution is -2.19. The van der Waals surface area contributed by atoms with Gasteiger partial charge in [-0.05, 0) is 37.8 Å². The van der Waals surface area contributed by atoms with Gasteiger partial charge in [-0.3, -0.25) is 4.79 Å². The monoisotopic (exact) mass is 206 g/mol. The van der Waals surface area contributed by atoms with E-state index in [-0.39, 0.29) is 5.69 Å². The zero-order chi connectivity index (χ0) is 10.8. The molecule has 80 valence electrons. The standard InChI is InChI=1S/C10H14N4O/c1-6(7-2-3-7)12-9-5-4-8(10(11)15)13-14-9/h4-7H,2-3H2,1H3,(H2,11,15)(H,12,14). The Kier molecular flexibility index (Phi) is 2.53. The Balaban J connectivity index is 1.99. The van der Waals surface area contributed by atoms with Crippen LogP contribution in [0.1, 0.15) is 30.3 Å². The van der Waals surface area contributed by atoms with Crippen molar-refractivity contribution in [1.29, 1.82) is 0 Å². The smallest absolute Gasteiger partial charge is 0.269 e. The summed E-state index contributed by atoms with van der Waals surface area (Å²) >= 11 is 0. The highest BCUT2D eigenvalue weighted by molar-refractivity contribution is 5.90. The number of carbonyl (C=O) groups excluding carboxylic acids is 1. The molecule has 1 saturated carbocycles. The van der Waals surface area contributed by atoms with Gasteiger partial charge in [0.25, 0.3) is 5.91 Å². The molecule has 1 unspecified atom stereocenters. The van der Waals surface area contributed by atoms with Crippen LogP contribution in [0.5, 0.6) is 0 Å². The maximum Gasteiger partial charge on any atom is 0.269 e. The van der Waals surface area contributed by atoms with Gasteiger partial charge in [0.1, 0.15) is 5.82 Å². The Bertz CT molecular complexity index is 358. The zero-order valence-corrected chi connectivity index (χ0v) is 8.60. The van der Waals surface area contributed by atoms with Crippen molar-refractivity contribution in [2.24, 2.45) is 11.7 Å². The molecule has 0 radical (unpaired) electrons. The molecular formula is C10H14N4O. The second-order valence-electron chi connectivity index (χ2n) is 3.94. The lowest BCUT2D eigenvalue weighted by atomic mass is 10.2. The van der Waals surface area contributed by atoms with Gasteiger partial charge >= 0.3 is 0 Å². The zero-order valence-electron chi connectivity index (χ0n) is 8.60. The van der Waals surface area contributed by atoms with Crippen molar-refractivity contribution >= 4 is 11.7 Å². The average Bonchev–Trinajstić information content (AvgIpc) is 3.01. The van der Waals surface area contributed by atoms with E-state index in [0.29, 0.717) is 11.9 Å². The van der Waals surface area contributed by atoms with Gasteiger partial charge in [0.2, 0.25) is 0 Å². The van der Waals surface area contributed by atoms with Crippen LogP contribution in [0.2, 0.25) is 0 Å². The predicted octanol–water partition coefficient (Wildman–Crippen LogP) is 0.786. The Morgan fingerprint density at radius 2 is 2.27 bits per heavy atom. The number of nitrogens with zero attached hydrogens (tertiary/aromatic N) is 2. The van der Waals surface area contributed by atoms with E-state index >= 15 is 0 Å². The molecule has 0 aromatic carbocycles. The van der Waals surface area contributed by atoms with Crippen molar-refractivity contribution in [2.75, 3.05) is 5.32 Å². The third-order valence-electron chi connectivity index (χ3n) is 2.62. The molecule has 1 aromatic rings. The summed E-state index contributed by atoms with van der Waals surface area (Å²) in [5.41, 5.74) is 5.26. The number of nitrogens with one attached hydrogen (secondary N) is 1. The van der Waals surface area contributed by atoms with Gasteiger partial charge in [-0.2, -0.15) is 0 Å². The normalized spacial score (nSPS) is 17.1. The number of nitrogens with two attached hydrogens (primary N) is 1. The molecular weight excluding hydrogens is 192 g/mol. The van der Waals surface area contributed by atoms with E-state index in [1.165, 1.54) is 12.8 Å². The van der Waals surface area contributed by atoms with Crippen LogP contribution in [0.25, 0.3) is 0 Å². The molecule has 1 amide bonds. The minimum absolute atomic E-state index is 0.194. The van der Waals surface area contributed by atoms with Crippen LogP contribution in [0.4, 0.5) is 5.82 Å². The molecule has 0 spiro atoms. The lowest BCUT2D eigenvalue weighted by Gasteiger charge is -2.12. The molecule has 1 aromatic heterocycles. The van der Waals surface area contributed by atoms with Crippen molar-refractivity contribution in [3.05, 3.63) is 17.8 Å². The van der Waals surface area contributed by atoms with E-state index < -0.39 is 5.91 Å². The minimum Gasteiger partial charge on any atom is -0.366 e. The molecule has 0 saturated heterocycles. The predicted molar refractivity (Wildman–Crippen MR) is 56.4 cm³/mol. The number of aromatic nitrogens is 2. The molecule has 1 aliphatic carbocycles. The molecule has 1 aliphatic rings.